The van der Waals surface area contributed by atoms with Gasteiger partial charge in [-0.1, -0.05) is 12.1 Å². The van der Waals surface area contributed by atoms with Crippen molar-refractivity contribution < 1.29 is 9.59 Å². The van der Waals surface area contributed by atoms with E-state index in [9.17, 15) is 9.59 Å². The summed E-state index contributed by atoms with van der Waals surface area (Å²) in [5, 5.41) is 3.66. The Morgan fingerprint density at radius 3 is 2.59 bits per heavy atom. The smallest absolute Gasteiger partial charge is 0.233 e. The second kappa shape index (κ2) is 4.58. The zero-order chi connectivity index (χ0) is 15.6. The van der Waals surface area contributed by atoms with Gasteiger partial charge in [-0.05, 0) is 55.7 Å². The maximum Gasteiger partial charge on any atom is 0.233 e. The van der Waals surface area contributed by atoms with Crippen LogP contribution in [0.4, 0.5) is 5.69 Å². The molecule has 1 aromatic rings. The average molecular weight is 298 g/mol. The van der Waals surface area contributed by atoms with E-state index < -0.39 is 0 Å². The van der Waals surface area contributed by atoms with Crippen molar-refractivity contribution in [3.05, 3.63) is 29.3 Å². The third kappa shape index (κ3) is 1.76. The van der Waals surface area contributed by atoms with Crippen molar-refractivity contribution in [1.29, 1.82) is 0 Å². The SMILES string of the molecule is Cc1ccc(C)c(N[C@H]2C[C@H]3C[C@@H]2[C@H]2C(=O)N(C)C(=O)[C@@H]32)c1. The summed E-state index contributed by atoms with van der Waals surface area (Å²) in [5.41, 5.74) is 3.64. The van der Waals surface area contributed by atoms with Gasteiger partial charge in [0.05, 0.1) is 11.8 Å². The fraction of sp³-hybridized carbons (Fsp3) is 0.556. The Morgan fingerprint density at radius 1 is 1.09 bits per heavy atom. The van der Waals surface area contributed by atoms with E-state index in [1.165, 1.54) is 21.7 Å². The number of aryl methyl sites for hydroxylation is 2. The monoisotopic (exact) mass is 298 g/mol. The van der Waals surface area contributed by atoms with Crippen LogP contribution in [0, 0.1) is 37.5 Å². The Bertz CT molecular complexity index is 669. The number of benzene rings is 1. The summed E-state index contributed by atoms with van der Waals surface area (Å²) >= 11 is 0. The van der Waals surface area contributed by atoms with Crippen LogP contribution >= 0.6 is 0 Å². The lowest BCUT2D eigenvalue weighted by molar-refractivity contribution is -0.139. The minimum absolute atomic E-state index is 0.0370. The first-order chi connectivity index (χ1) is 10.5. The summed E-state index contributed by atoms with van der Waals surface area (Å²) in [7, 11) is 1.63. The molecule has 116 valence electrons. The molecule has 0 aromatic heterocycles. The minimum Gasteiger partial charge on any atom is -0.382 e. The highest BCUT2D eigenvalue weighted by atomic mass is 16.2. The largest absolute Gasteiger partial charge is 0.382 e. The van der Waals surface area contributed by atoms with Crippen molar-refractivity contribution in [2.24, 2.45) is 23.7 Å². The van der Waals surface area contributed by atoms with Crippen molar-refractivity contribution in [1.82, 2.24) is 4.90 Å². The number of amides is 2. The van der Waals surface area contributed by atoms with E-state index >= 15 is 0 Å². The summed E-state index contributed by atoms with van der Waals surface area (Å²) in [6, 6.07) is 6.74. The number of hydrogen-bond acceptors (Lipinski definition) is 3. The number of rotatable bonds is 2. The molecule has 5 atom stereocenters. The van der Waals surface area contributed by atoms with Gasteiger partial charge in [-0.15, -0.1) is 0 Å². The van der Waals surface area contributed by atoms with Gasteiger partial charge in [-0.3, -0.25) is 14.5 Å². The second-order valence-corrected chi connectivity index (χ2v) is 7.25. The van der Waals surface area contributed by atoms with Crippen molar-refractivity contribution in [2.75, 3.05) is 12.4 Å². The van der Waals surface area contributed by atoms with E-state index in [0.29, 0.717) is 17.9 Å². The molecule has 3 fully saturated rings. The number of nitrogens with one attached hydrogen (secondary N) is 1. The Hall–Kier alpha value is -1.84. The van der Waals surface area contributed by atoms with Gasteiger partial charge in [0.2, 0.25) is 11.8 Å². The lowest BCUT2D eigenvalue weighted by Crippen LogP contribution is -2.37. The zero-order valence-corrected chi connectivity index (χ0v) is 13.3. The average Bonchev–Trinajstić information content (AvgIpc) is 3.11. The van der Waals surface area contributed by atoms with Crippen molar-refractivity contribution in [3.63, 3.8) is 0 Å². The molecule has 1 aliphatic heterocycles. The summed E-state index contributed by atoms with van der Waals surface area (Å²) < 4.78 is 0. The molecular formula is C18H22N2O2. The number of imide groups is 1. The van der Waals surface area contributed by atoms with E-state index in [1.807, 2.05) is 0 Å². The molecule has 4 nitrogen and oxygen atoms in total. The predicted octanol–water partition coefficient (Wildman–Crippen LogP) is 2.35. The predicted molar refractivity (Wildman–Crippen MR) is 84.3 cm³/mol. The van der Waals surface area contributed by atoms with Crippen molar-refractivity contribution in [2.45, 2.75) is 32.7 Å². The maximum absolute atomic E-state index is 12.4. The van der Waals surface area contributed by atoms with E-state index in [0.717, 1.165) is 12.8 Å². The molecule has 1 saturated heterocycles. The molecule has 1 aromatic carbocycles. The van der Waals surface area contributed by atoms with E-state index in [2.05, 4.69) is 37.4 Å². The van der Waals surface area contributed by atoms with Crippen molar-refractivity contribution >= 4 is 17.5 Å². The Morgan fingerprint density at radius 2 is 1.82 bits per heavy atom. The Balaban J connectivity index is 1.59. The van der Waals surface area contributed by atoms with Crippen LogP contribution in [0.5, 0.6) is 0 Å². The van der Waals surface area contributed by atoms with E-state index in [4.69, 9.17) is 0 Å². The number of carbonyl (C=O) groups is 2. The van der Waals surface area contributed by atoms with Crippen molar-refractivity contribution in [3.8, 4) is 0 Å². The normalized spacial score (nSPS) is 36.1. The fourth-order valence-electron chi connectivity index (χ4n) is 4.87. The summed E-state index contributed by atoms with van der Waals surface area (Å²) in [6.07, 6.45) is 2.02. The lowest BCUT2D eigenvalue weighted by Gasteiger charge is -2.30. The number of anilines is 1. The van der Waals surface area contributed by atoms with Gasteiger partial charge < -0.3 is 5.32 Å². The number of carbonyl (C=O) groups excluding carboxylic acids is 2. The molecule has 3 aliphatic rings. The number of fused-ring (bicyclic) bond motifs is 5. The van der Waals surface area contributed by atoms with Gasteiger partial charge >= 0.3 is 0 Å². The van der Waals surface area contributed by atoms with Crippen LogP contribution in [-0.2, 0) is 9.59 Å². The van der Waals surface area contributed by atoms with Crippen LogP contribution in [0.25, 0.3) is 0 Å². The molecular weight excluding hydrogens is 276 g/mol. The highest BCUT2D eigenvalue weighted by Gasteiger charge is 2.63. The maximum atomic E-state index is 12.4. The first-order valence-corrected chi connectivity index (χ1v) is 8.12. The molecule has 1 heterocycles. The van der Waals surface area contributed by atoms with Crippen LogP contribution in [-0.4, -0.2) is 29.8 Å². The minimum atomic E-state index is -0.0844. The highest BCUT2D eigenvalue weighted by molar-refractivity contribution is 6.05. The third-order valence-corrected chi connectivity index (χ3v) is 5.97. The van der Waals surface area contributed by atoms with Crippen LogP contribution in [0.3, 0.4) is 0 Å². The topological polar surface area (TPSA) is 49.4 Å². The lowest BCUT2D eigenvalue weighted by atomic mass is 9.78. The van der Waals surface area contributed by atoms with Crippen LogP contribution in [0.1, 0.15) is 24.0 Å². The molecule has 0 spiro atoms. The highest BCUT2D eigenvalue weighted by Crippen LogP contribution is 2.56. The van der Waals surface area contributed by atoms with Gasteiger partial charge in [-0.25, -0.2) is 0 Å². The van der Waals surface area contributed by atoms with Crippen LogP contribution < -0.4 is 5.32 Å². The van der Waals surface area contributed by atoms with Gasteiger partial charge in [0.15, 0.2) is 0 Å². The van der Waals surface area contributed by atoms with Gasteiger partial charge in [0.1, 0.15) is 0 Å². The third-order valence-electron chi connectivity index (χ3n) is 5.97. The molecule has 0 unspecified atom stereocenters. The molecule has 2 saturated carbocycles. The number of nitrogens with zero attached hydrogens (tertiary/aromatic N) is 1. The Labute approximate surface area is 130 Å². The van der Waals surface area contributed by atoms with Gasteiger partial charge in [0.25, 0.3) is 0 Å². The summed E-state index contributed by atoms with van der Waals surface area (Å²) in [5.74, 6) is 0.635. The van der Waals surface area contributed by atoms with Gasteiger partial charge in [-0.2, -0.15) is 0 Å². The standard InChI is InChI=1S/C18H22N2O2/c1-9-4-5-10(2)13(6-9)19-14-8-11-7-12(14)16-15(11)17(21)20(3)18(16)22/h4-6,11-12,14-16,19H,7-8H2,1-3H3/t11-,12+,14+,15+,16-/m1/s1. The quantitative estimate of drug-likeness (QED) is 0.853. The molecule has 2 aliphatic carbocycles. The zero-order valence-electron chi connectivity index (χ0n) is 13.3. The van der Waals surface area contributed by atoms with E-state index in [1.54, 1.807) is 7.05 Å². The first kappa shape index (κ1) is 13.8. The summed E-state index contributed by atoms with van der Waals surface area (Å²) in [4.78, 5) is 26.0. The molecule has 2 amide bonds. The molecule has 0 radical (unpaired) electrons. The number of likely N-dealkylation sites (tertiary alicyclic amines) is 1. The molecule has 2 bridgehead atoms. The second-order valence-electron chi connectivity index (χ2n) is 7.25. The van der Waals surface area contributed by atoms with Crippen LogP contribution in [0.2, 0.25) is 0 Å². The molecule has 22 heavy (non-hydrogen) atoms. The molecule has 4 heteroatoms. The van der Waals surface area contributed by atoms with E-state index in [-0.39, 0.29) is 23.7 Å². The summed E-state index contributed by atoms with van der Waals surface area (Å²) in [6.45, 7) is 4.20. The van der Waals surface area contributed by atoms with Gasteiger partial charge in [0, 0.05) is 18.8 Å². The Kier molecular flexibility index (Phi) is 2.87. The number of hydrogen-bond donors (Lipinski definition) is 1. The fourth-order valence-corrected chi connectivity index (χ4v) is 4.87. The van der Waals surface area contributed by atoms with Crippen LogP contribution in [0.15, 0.2) is 18.2 Å². The first-order valence-electron chi connectivity index (χ1n) is 8.12. The molecule has 1 N–H and O–H groups in total. The molecule has 4 rings (SSSR count).